The van der Waals surface area contributed by atoms with Crippen molar-refractivity contribution in [2.75, 3.05) is 13.1 Å². The van der Waals surface area contributed by atoms with Crippen molar-refractivity contribution >= 4 is 11.9 Å². The van der Waals surface area contributed by atoms with Crippen LogP contribution in [0.5, 0.6) is 0 Å². The minimum atomic E-state index is -1.02. The summed E-state index contributed by atoms with van der Waals surface area (Å²) in [5, 5.41) is 8.82. The van der Waals surface area contributed by atoms with E-state index < -0.39 is 5.97 Å². The Morgan fingerprint density at radius 1 is 1.06 bits per heavy atom. The van der Waals surface area contributed by atoms with Gasteiger partial charge >= 0.3 is 5.97 Å². The zero-order valence-corrected chi connectivity index (χ0v) is 10.3. The Morgan fingerprint density at radius 2 is 1.50 bits per heavy atom. The van der Waals surface area contributed by atoms with Crippen molar-refractivity contribution in [2.45, 2.75) is 27.7 Å². The summed E-state index contributed by atoms with van der Waals surface area (Å²) in [5.41, 5.74) is 0.478. The number of carboxylic acid groups (broad SMARTS) is 1. The van der Waals surface area contributed by atoms with Gasteiger partial charge in [0.25, 0.3) is 0 Å². The van der Waals surface area contributed by atoms with Crippen LogP contribution in [-0.2, 0) is 9.59 Å². The lowest BCUT2D eigenvalue weighted by Gasteiger charge is -2.17. The molecule has 4 nitrogen and oxygen atoms in total. The summed E-state index contributed by atoms with van der Waals surface area (Å²) in [6.07, 6.45) is 0. The second-order valence-electron chi connectivity index (χ2n) is 4.72. The molecule has 0 aliphatic carbocycles. The monoisotopic (exact) mass is 225 g/mol. The van der Waals surface area contributed by atoms with Crippen LogP contribution in [-0.4, -0.2) is 35.0 Å². The van der Waals surface area contributed by atoms with Gasteiger partial charge in [-0.15, -0.1) is 0 Å². The fraction of sp³-hybridized carbons (Fsp3) is 0.667. The van der Waals surface area contributed by atoms with Crippen molar-refractivity contribution in [2.24, 2.45) is 11.8 Å². The summed E-state index contributed by atoms with van der Waals surface area (Å²) in [5.74, 6) is -0.189. The predicted octanol–water partition coefficient (Wildman–Crippen LogP) is 1.52. The molecule has 0 aromatic carbocycles. The maximum absolute atomic E-state index is 12.0. The fourth-order valence-corrected chi connectivity index (χ4v) is 1.85. The smallest absolute Gasteiger partial charge is 0.331 e. The predicted molar refractivity (Wildman–Crippen MR) is 60.9 cm³/mol. The normalized spacial score (nSPS) is 26.6. The number of likely N-dealkylation sites (tertiary alicyclic amines) is 1. The van der Waals surface area contributed by atoms with E-state index in [9.17, 15) is 9.59 Å². The van der Waals surface area contributed by atoms with Gasteiger partial charge in [0.1, 0.15) is 0 Å². The van der Waals surface area contributed by atoms with Gasteiger partial charge in [0, 0.05) is 24.2 Å². The molecule has 1 aliphatic rings. The van der Waals surface area contributed by atoms with Crippen molar-refractivity contribution in [1.29, 1.82) is 0 Å². The number of rotatable bonds is 2. The van der Waals surface area contributed by atoms with E-state index in [1.807, 2.05) is 0 Å². The van der Waals surface area contributed by atoms with Gasteiger partial charge in [-0.1, -0.05) is 13.8 Å². The standard InChI is InChI=1S/C12H19NO3/c1-7-5-13(6-8(7)2)11(14)9(3)10(4)12(15)16/h7-8H,5-6H2,1-4H3,(H,15,16). The van der Waals surface area contributed by atoms with Crippen molar-refractivity contribution in [1.82, 2.24) is 4.90 Å². The van der Waals surface area contributed by atoms with Crippen LogP contribution in [0.1, 0.15) is 27.7 Å². The highest BCUT2D eigenvalue weighted by Gasteiger charge is 2.30. The Bertz CT molecular complexity index is 336. The van der Waals surface area contributed by atoms with Gasteiger partial charge in [-0.2, -0.15) is 0 Å². The average Bonchev–Trinajstić information content (AvgIpc) is 2.55. The van der Waals surface area contributed by atoms with E-state index in [4.69, 9.17) is 5.11 Å². The topological polar surface area (TPSA) is 57.6 Å². The van der Waals surface area contributed by atoms with Gasteiger partial charge in [-0.25, -0.2) is 4.79 Å². The SMILES string of the molecule is CC(C(=O)O)=C(C)C(=O)N1CC(C)C(C)C1. The van der Waals surface area contributed by atoms with E-state index in [0.717, 1.165) is 13.1 Å². The van der Waals surface area contributed by atoms with Crippen LogP contribution in [0.4, 0.5) is 0 Å². The zero-order valence-electron chi connectivity index (χ0n) is 10.3. The first-order valence-electron chi connectivity index (χ1n) is 5.54. The second kappa shape index (κ2) is 4.68. The first-order chi connectivity index (χ1) is 7.34. The number of carbonyl (C=O) groups is 2. The van der Waals surface area contributed by atoms with Crippen LogP contribution in [0.15, 0.2) is 11.1 Å². The minimum Gasteiger partial charge on any atom is -0.478 e. The van der Waals surface area contributed by atoms with E-state index in [-0.39, 0.29) is 11.5 Å². The van der Waals surface area contributed by atoms with Crippen LogP contribution >= 0.6 is 0 Å². The molecule has 1 saturated heterocycles. The maximum Gasteiger partial charge on any atom is 0.331 e. The Kier molecular flexibility index (Phi) is 3.73. The molecule has 0 spiro atoms. The summed E-state index contributed by atoms with van der Waals surface area (Å²) >= 11 is 0. The highest BCUT2D eigenvalue weighted by atomic mass is 16.4. The molecule has 0 aromatic rings. The Hall–Kier alpha value is -1.32. The Labute approximate surface area is 95.9 Å². The third kappa shape index (κ3) is 2.43. The van der Waals surface area contributed by atoms with E-state index in [2.05, 4.69) is 13.8 Å². The van der Waals surface area contributed by atoms with Crippen LogP contribution < -0.4 is 0 Å². The first-order valence-corrected chi connectivity index (χ1v) is 5.54. The first kappa shape index (κ1) is 12.7. The molecule has 0 radical (unpaired) electrons. The number of carboxylic acids is 1. The summed E-state index contributed by atoms with van der Waals surface area (Å²) in [7, 11) is 0. The van der Waals surface area contributed by atoms with E-state index in [1.54, 1.807) is 11.8 Å². The van der Waals surface area contributed by atoms with Gasteiger partial charge in [-0.3, -0.25) is 4.79 Å². The summed E-state index contributed by atoms with van der Waals surface area (Å²) in [4.78, 5) is 24.5. The largest absolute Gasteiger partial charge is 0.478 e. The maximum atomic E-state index is 12.0. The lowest BCUT2D eigenvalue weighted by Crippen LogP contribution is -2.30. The molecule has 16 heavy (non-hydrogen) atoms. The molecule has 2 atom stereocenters. The third-order valence-electron chi connectivity index (χ3n) is 3.48. The van der Waals surface area contributed by atoms with Crippen molar-refractivity contribution in [3.63, 3.8) is 0 Å². The number of carbonyl (C=O) groups excluding carboxylic acids is 1. The molecule has 1 aliphatic heterocycles. The van der Waals surface area contributed by atoms with Gasteiger partial charge in [0.15, 0.2) is 0 Å². The van der Waals surface area contributed by atoms with Crippen LogP contribution in [0.2, 0.25) is 0 Å². The number of amides is 1. The number of aliphatic carboxylic acids is 1. The third-order valence-corrected chi connectivity index (χ3v) is 3.48. The lowest BCUT2D eigenvalue weighted by atomic mass is 10.0. The molecule has 1 amide bonds. The highest BCUT2D eigenvalue weighted by molar-refractivity contribution is 6.01. The lowest BCUT2D eigenvalue weighted by molar-refractivity contribution is -0.133. The molecular weight excluding hydrogens is 206 g/mol. The summed E-state index contributed by atoms with van der Waals surface area (Å²) in [6, 6.07) is 0. The molecule has 0 bridgehead atoms. The molecule has 1 rings (SSSR count). The molecular formula is C12H19NO3. The zero-order chi connectivity index (χ0) is 12.5. The van der Waals surface area contributed by atoms with Gasteiger partial charge in [0.05, 0.1) is 0 Å². The van der Waals surface area contributed by atoms with Crippen LogP contribution in [0.25, 0.3) is 0 Å². The molecule has 1 fully saturated rings. The van der Waals surface area contributed by atoms with E-state index in [1.165, 1.54) is 6.92 Å². The summed E-state index contributed by atoms with van der Waals surface area (Å²) < 4.78 is 0. The van der Waals surface area contributed by atoms with Gasteiger partial charge in [-0.05, 0) is 25.7 Å². The van der Waals surface area contributed by atoms with Crippen LogP contribution in [0.3, 0.4) is 0 Å². The Morgan fingerprint density at radius 3 is 1.88 bits per heavy atom. The molecule has 1 N–H and O–H groups in total. The fourth-order valence-electron chi connectivity index (χ4n) is 1.85. The molecule has 0 saturated carbocycles. The quantitative estimate of drug-likeness (QED) is 0.725. The van der Waals surface area contributed by atoms with Crippen molar-refractivity contribution < 1.29 is 14.7 Å². The molecule has 4 heteroatoms. The summed E-state index contributed by atoms with van der Waals surface area (Å²) in [6.45, 7) is 8.73. The highest BCUT2D eigenvalue weighted by Crippen LogP contribution is 2.23. The van der Waals surface area contributed by atoms with E-state index >= 15 is 0 Å². The number of hydrogen-bond acceptors (Lipinski definition) is 2. The molecule has 90 valence electrons. The second-order valence-corrected chi connectivity index (χ2v) is 4.72. The average molecular weight is 225 g/mol. The Balaban J connectivity index is 2.81. The van der Waals surface area contributed by atoms with Crippen molar-refractivity contribution in [3.8, 4) is 0 Å². The number of hydrogen-bond donors (Lipinski definition) is 1. The molecule has 1 heterocycles. The molecule has 2 unspecified atom stereocenters. The van der Waals surface area contributed by atoms with Crippen LogP contribution in [0, 0.1) is 11.8 Å². The van der Waals surface area contributed by atoms with Crippen molar-refractivity contribution in [3.05, 3.63) is 11.1 Å². The van der Waals surface area contributed by atoms with E-state index in [0.29, 0.717) is 17.4 Å². The van der Waals surface area contributed by atoms with Gasteiger partial charge in [0.2, 0.25) is 5.91 Å². The molecule has 0 aromatic heterocycles. The van der Waals surface area contributed by atoms with Gasteiger partial charge < -0.3 is 10.0 Å². The number of nitrogens with zero attached hydrogens (tertiary/aromatic N) is 1. The minimum absolute atomic E-state index is 0.136.